The normalized spacial score (nSPS) is 22.3. The van der Waals surface area contributed by atoms with Crippen LogP contribution in [0.15, 0.2) is 48.5 Å². The average molecular weight is 522 g/mol. The summed E-state index contributed by atoms with van der Waals surface area (Å²) in [7, 11) is 3.85. The van der Waals surface area contributed by atoms with E-state index in [1.807, 2.05) is 6.07 Å². The summed E-state index contributed by atoms with van der Waals surface area (Å²) in [5, 5.41) is 1.29. The number of benzene rings is 2. The number of hydrogen-bond donors (Lipinski definition) is 0. The topological polar surface area (TPSA) is 43.7 Å². The molecule has 1 saturated heterocycles. The number of piperidine rings is 1. The van der Waals surface area contributed by atoms with E-state index < -0.39 is 9.89 Å². The van der Waals surface area contributed by atoms with Gasteiger partial charge in [-0.05, 0) is 54.5 Å². The van der Waals surface area contributed by atoms with Crippen molar-refractivity contribution < 1.29 is 14.3 Å². The fraction of sp³-hybridized carbons (Fsp3) is 0.423. The van der Waals surface area contributed by atoms with Crippen LogP contribution in [0.1, 0.15) is 23.2 Å². The van der Waals surface area contributed by atoms with Crippen molar-refractivity contribution in [1.82, 2.24) is 9.47 Å². The lowest BCUT2D eigenvalue weighted by atomic mass is 9.58. The second kappa shape index (κ2) is 8.85. The number of halogens is 3. The molecule has 3 aromatic rings. The predicted molar refractivity (Wildman–Crippen MR) is 136 cm³/mol. The van der Waals surface area contributed by atoms with Gasteiger partial charge in [0, 0.05) is 42.1 Å². The van der Waals surface area contributed by atoms with Crippen LogP contribution < -0.4 is 4.74 Å². The standard InChI is InChI=1S/C26H27Cl3N2O3/c1-30-22-9-4-3-8-20(22)21-13-18-15-31(24(32)34-16-26(27,28)29)11-10-25(18,14-23(21)30)17-6-5-7-19(12-17)33-2/h3-9,12,18H,10-11,13-16H2,1-2H3. The van der Waals surface area contributed by atoms with Crippen LogP contribution in [0.4, 0.5) is 4.79 Å². The lowest BCUT2D eigenvalue weighted by Crippen LogP contribution is -2.55. The molecule has 0 saturated carbocycles. The molecular formula is C26H27Cl3N2O3. The van der Waals surface area contributed by atoms with E-state index in [1.54, 1.807) is 12.0 Å². The maximum atomic E-state index is 12.8. The van der Waals surface area contributed by atoms with Crippen molar-refractivity contribution in [3.63, 3.8) is 0 Å². The summed E-state index contributed by atoms with van der Waals surface area (Å²) in [4.78, 5) is 14.6. The van der Waals surface area contributed by atoms with Crippen molar-refractivity contribution in [2.24, 2.45) is 13.0 Å². The van der Waals surface area contributed by atoms with E-state index in [2.05, 4.69) is 54.1 Å². The Morgan fingerprint density at radius 1 is 1.18 bits per heavy atom. The lowest BCUT2D eigenvalue weighted by Gasteiger charge is -2.51. The summed E-state index contributed by atoms with van der Waals surface area (Å²) >= 11 is 17.4. The van der Waals surface area contributed by atoms with Crippen LogP contribution in [0.5, 0.6) is 5.75 Å². The molecule has 2 aliphatic rings. The zero-order valence-electron chi connectivity index (χ0n) is 19.2. The Bertz CT molecular complexity index is 1240. The number of likely N-dealkylation sites (tertiary alicyclic amines) is 1. The molecule has 0 radical (unpaired) electrons. The van der Waals surface area contributed by atoms with Crippen LogP contribution >= 0.6 is 34.8 Å². The molecule has 1 fully saturated rings. The Kier molecular flexibility index (Phi) is 6.16. The van der Waals surface area contributed by atoms with Crippen molar-refractivity contribution in [3.05, 3.63) is 65.4 Å². The Hall–Kier alpha value is -2.08. The van der Waals surface area contributed by atoms with Gasteiger partial charge in [0.05, 0.1) is 7.11 Å². The molecule has 180 valence electrons. The quantitative estimate of drug-likeness (QED) is 0.394. The first-order valence-electron chi connectivity index (χ1n) is 11.4. The van der Waals surface area contributed by atoms with E-state index >= 15 is 0 Å². The lowest BCUT2D eigenvalue weighted by molar-refractivity contribution is 0.0536. The van der Waals surface area contributed by atoms with Gasteiger partial charge in [0.2, 0.25) is 3.79 Å². The fourth-order valence-electron chi connectivity index (χ4n) is 5.90. The molecule has 1 amide bonds. The molecule has 0 N–H and O–H groups in total. The van der Waals surface area contributed by atoms with Crippen LogP contribution in [0.2, 0.25) is 0 Å². The molecule has 2 unspecified atom stereocenters. The number of para-hydroxylation sites is 1. The van der Waals surface area contributed by atoms with Crippen LogP contribution in [-0.4, -0.2) is 46.2 Å². The maximum absolute atomic E-state index is 12.8. The van der Waals surface area contributed by atoms with Gasteiger partial charge in [0.15, 0.2) is 0 Å². The van der Waals surface area contributed by atoms with Gasteiger partial charge in [-0.2, -0.15) is 0 Å². The summed E-state index contributed by atoms with van der Waals surface area (Å²) in [5.41, 5.74) is 5.12. The van der Waals surface area contributed by atoms with Crippen LogP contribution in [0.25, 0.3) is 10.9 Å². The monoisotopic (exact) mass is 520 g/mol. The van der Waals surface area contributed by atoms with Gasteiger partial charge >= 0.3 is 6.09 Å². The zero-order chi connectivity index (χ0) is 24.1. The second-order valence-corrected chi connectivity index (χ2v) is 11.8. The molecule has 1 aliphatic heterocycles. The average Bonchev–Trinajstić information content (AvgIpc) is 3.11. The highest BCUT2D eigenvalue weighted by Crippen LogP contribution is 2.50. The molecule has 0 spiro atoms. The number of fused-ring (bicyclic) bond motifs is 4. The van der Waals surface area contributed by atoms with E-state index in [9.17, 15) is 4.79 Å². The highest BCUT2D eigenvalue weighted by atomic mass is 35.6. The van der Waals surface area contributed by atoms with Crippen molar-refractivity contribution >= 4 is 51.8 Å². The first kappa shape index (κ1) is 23.7. The molecule has 5 nitrogen and oxygen atoms in total. The van der Waals surface area contributed by atoms with Gasteiger partial charge in [-0.25, -0.2) is 4.79 Å². The maximum Gasteiger partial charge on any atom is 0.409 e. The Labute approximate surface area is 214 Å². The van der Waals surface area contributed by atoms with E-state index in [0.717, 1.165) is 25.0 Å². The highest BCUT2D eigenvalue weighted by Gasteiger charge is 2.49. The van der Waals surface area contributed by atoms with Gasteiger partial charge in [-0.1, -0.05) is 65.1 Å². The van der Waals surface area contributed by atoms with Gasteiger partial charge in [0.25, 0.3) is 0 Å². The number of nitrogens with zero attached hydrogens (tertiary/aromatic N) is 2. The summed E-state index contributed by atoms with van der Waals surface area (Å²) in [6, 6.07) is 16.9. The third-order valence-electron chi connectivity index (χ3n) is 7.59. The zero-order valence-corrected chi connectivity index (χ0v) is 21.5. The molecule has 5 rings (SSSR count). The summed E-state index contributed by atoms with van der Waals surface area (Å²) in [6.07, 6.45) is 2.16. The highest BCUT2D eigenvalue weighted by molar-refractivity contribution is 6.67. The first-order valence-corrected chi connectivity index (χ1v) is 12.5. The first-order chi connectivity index (χ1) is 16.2. The largest absolute Gasteiger partial charge is 0.497 e. The molecular weight excluding hydrogens is 495 g/mol. The van der Waals surface area contributed by atoms with Crippen LogP contribution in [0, 0.1) is 5.92 Å². The molecule has 0 bridgehead atoms. The second-order valence-electron chi connectivity index (χ2n) is 9.33. The molecule has 8 heteroatoms. The Balaban J connectivity index is 1.54. The molecule has 1 aromatic heterocycles. The number of amides is 1. The Morgan fingerprint density at radius 3 is 2.74 bits per heavy atom. The van der Waals surface area contributed by atoms with Crippen molar-refractivity contribution in [2.45, 2.75) is 28.5 Å². The van der Waals surface area contributed by atoms with E-state index in [-0.39, 0.29) is 17.9 Å². The predicted octanol–water partition coefficient (Wildman–Crippen LogP) is 6.05. The number of carbonyl (C=O) groups excluding carboxylic acids is 1. The van der Waals surface area contributed by atoms with E-state index in [1.165, 1.54) is 27.7 Å². The van der Waals surface area contributed by atoms with Gasteiger partial charge in [-0.15, -0.1) is 0 Å². The Morgan fingerprint density at radius 2 is 1.97 bits per heavy atom. The summed E-state index contributed by atoms with van der Waals surface area (Å²) < 4.78 is 11.6. The number of aryl methyl sites for hydroxylation is 1. The van der Waals surface area contributed by atoms with E-state index in [0.29, 0.717) is 13.1 Å². The third-order valence-corrected chi connectivity index (χ3v) is 7.92. The number of aromatic nitrogens is 1. The van der Waals surface area contributed by atoms with Gasteiger partial charge in [-0.3, -0.25) is 0 Å². The number of hydrogen-bond acceptors (Lipinski definition) is 3. The number of methoxy groups -OCH3 is 1. The SMILES string of the molecule is COc1cccc(C23CCN(C(=O)OCC(Cl)(Cl)Cl)CC2Cc2c(n(C)c4ccccc24)C3)c1. The molecule has 2 atom stereocenters. The molecule has 2 aromatic carbocycles. The van der Waals surface area contributed by atoms with Crippen molar-refractivity contribution in [1.29, 1.82) is 0 Å². The number of carbonyl (C=O) groups is 1. The van der Waals surface area contributed by atoms with Crippen molar-refractivity contribution in [2.75, 3.05) is 26.8 Å². The van der Waals surface area contributed by atoms with E-state index in [4.69, 9.17) is 44.3 Å². The molecule has 1 aliphatic carbocycles. The van der Waals surface area contributed by atoms with Crippen molar-refractivity contribution in [3.8, 4) is 5.75 Å². The minimum absolute atomic E-state index is 0.115. The van der Waals surface area contributed by atoms with Crippen LogP contribution in [-0.2, 0) is 30.0 Å². The summed E-state index contributed by atoms with van der Waals surface area (Å²) in [5.74, 6) is 1.06. The van der Waals surface area contributed by atoms with Gasteiger partial charge < -0.3 is 18.9 Å². The third kappa shape index (κ3) is 4.12. The minimum Gasteiger partial charge on any atom is -0.497 e. The number of rotatable bonds is 3. The molecule has 34 heavy (non-hydrogen) atoms. The van der Waals surface area contributed by atoms with Crippen LogP contribution in [0.3, 0.4) is 0 Å². The smallest absolute Gasteiger partial charge is 0.409 e. The number of ether oxygens (including phenoxy) is 2. The summed E-state index contributed by atoms with van der Waals surface area (Å²) in [6.45, 7) is 0.885. The minimum atomic E-state index is -1.63. The molecule has 2 heterocycles. The fourth-order valence-corrected chi connectivity index (χ4v) is 6.07. The number of alkyl halides is 3. The van der Waals surface area contributed by atoms with Gasteiger partial charge in [0.1, 0.15) is 12.4 Å².